The molecule has 2 heterocycles. The Balaban J connectivity index is 1.73. The molecule has 0 atom stereocenters. The smallest absolute Gasteiger partial charge is 0.179 e. The fraction of sp³-hybridized carbons (Fsp3) is 0.294. The monoisotopic (exact) mass is 345 g/mol. The number of rotatable bonds is 7. The van der Waals surface area contributed by atoms with Crippen LogP contribution in [0.5, 0.6) is 17.2 Å². The minimum absolute atomic E-state index is 0.624. The van der Waals surface area contributed by atoms with Crippen LogP contribution in [0.15, 0.2) is 35.6 Å². The fourth-order valence-corrected chi connectivity index (χ4v) is 3.08. The van der Waals surface area contributed by atoms with Gasteiger partial charge in [0.25, 0.3) is 0 Å². The maximum absolute atomic E-state index is 5.51. The van der Waals surface area contributed by atoms with Gasteiger partial charge in [-0.3, -0.25) is 4.98 Å². The third kappa shape index (κ3) is 3.56. The number of aromatic nitrogens is 3. The zero-order chi connectivity index (χ0) is 16.9. The molecule has 3 aromatic rings. The summed E-state index contributed by atoms with van der Waals surface area (Å²) in [6.07, 6.45) is 1.67. The lowest BCUT2D eigenvalue weighted by atomic mass is 10.3. The van der Waals surface area contributed by atoms with Gasteiger partial charge < -0.3 is 19.2 Å². The molecule has 126 valence electrons. The first-order valence-electron chi connectivity index (χ1n) is 7.55. The second-order valence-corrected chi connectivity index (χ2v) is 5.94. The van der Waals surface area contributed by atoms with Crippen LogP contribution < -0.4 is 14.2 Å². The molecule has 0 aliphatic carbocycles. The Kier molecular flexibility index (Phi) is 5.10. The minimum atomic E-state index is 0.624. The number of nitrogens with one attached hydrogen (secondary N) is 1. The Morgan fingerprint density at radius 2 is 1.96 bits per heavy atom. The van der Waals surface area contributed by atoms with Crippen molar-refractivity contribution in [3.63, 3.8) is 0 Å². The zero-order valence-corrected chi connectivity index (χ0v) is 14.6. The molecule has 0 radical (unpaired) electrons. The first-order valence-corrected chi connectivity index (χ1v) is 8.54. The summed E-state index contributed by atoms with van der Waals surface area (Å²) in [7, 11) is 3.21. The number of pyridine rings is 1. The van der Waals surface area contributed by atoms with Crippen molar-refractivity contribution in [1.29, 1.82) is 0 Å². The lowest BCUT2D eigenvalue weighted by Crippen LogP contribution is -1.94. The van der Waals surface area contributed by atoms with Crippen LogP contribution in [0.25, 0.3) is 11.0 Å². The van der Waals surface area contributed by atoms with Crippen molar-refractivity contribution in [2.75, 3.05) is 20.8 Å². The highest BCUT2D eigenvalue weighted by Gasteiger charge is 2.09. The van der Waals surface area contributed by atoms with Crippen LogP contribution in [-0.4, -0.2) is 35.8 Å². The van der Waals surface area contributed by atoms with Crippen LogP contribution in [0.4, 0.5) is 0 Å². The number of nitrogens with zero attached hydrogens (tertiary/aromatic N) is 2. The summed E-state index contributed by atoms with van der Waals surface area (Å²) in [5.74, 6) is 2.82. The van der Waals surface area contributed by atoms with E-state index in [1.165, 1.54) is 0 Å². The highest BCUT2D eigenvalue weighted by Crippen LogP contribution is 2.29. The van der Waals surface area contributed by atoms with E-state index in [1.54, 1.807) is 32.2 Å². The molecule has 0 spiro atoms. The van der Waals surface area contributed by atoms with Crippen molar-refractivity contribution < 1.29 is 14.2 Å². The second kappa shape index (κ2) is 7.44. The van der Waals surface area contributed by atoms with Crippen molar-refractivity contribution in [2.45, 2.75) is 17.8 Å². The van der Waals surface area contributed by atoms with Gasteiger partial charge in [-0.15, -0.1) is 0 Å². The van der Waals surface area contributed by atoms with Crippen molar-refractivity contribution in [3.8, 4) is 17.2 Å². The van der Waals surface area contributed by atoms with Gasteiger partial charge in [-0.1, -0.05) is 11.8 Å². The summed E-state index contributed by atoms with van der Waals surface area (Å²) in [6, 6.07) is 7.72. The Bertz CT molecular complexity index is 835. The van der Waals surface area contributed by atoms with Crippen molar-refractivity contribution >= 4 is 22.8 Å². The zero-order valence-electron chi connectivity index (χ0n) is 13.8. The van der Waals surface area contributed by atoms with Crippen molar-refractivity contribution in [2.24, 2.45) is 0 Å². The van der Waals surface area contributed by atoms with Crippen molar-refractivity contribution in [1.82, 2.24) is 15.0 Å². The van der Waals surface area contributed by atoms with Crippen LogP contribution in [0.3, 0.4) is 0 Å². The first kappa shape index (κ1) is 16.4. The van der Waals surface area contributed by atoms with E-state index in [0.29, 0.717) is 23.9 Å². The summed E-state index contributed by atoms with van der Waals surface area (Å²) in [6.45, 7) is 2.61. The number of ether oxygens (including phenoxy) is 3. The molecule has 0 unspecified atom stereocenters. The topological polar surface area (TPSA) is 69.3 Å². The molecule has 3 rings (SSSR count). The predicted octanol–water partition coefficient (Wildman–Crippen LogP) is 3.67. The molecule has 1 N–H and O–H groups in total. The van der Waals surface area contributed by atoms with Gasteiger partial charge in [0.05, 0.1) is 43.8 Å². The molecule has 0 saturated heterocycles. The molecule has 0 aliphatic rings. The second-order valence-electron chi connectivity index (χ2n) is 4.97. The fourth-order valence-electron chi connectivity index (χ4n) is 2.29. The molecule has 0 bridgehead atoms. The Hall–Kier alpha value is -2.41. The molecular formula is C17H19N3O3S. The number of aromatic amines is 1. The average Bonchev–Trinajstić information content (AvgIpc) is 3.02. The normalized spacial score (nSPS) is 10.8. The maximum atomic E-state index is 5.51. The summed E-state index contributed by atoms with van der Waals surface area (Å²) in [5, 5.41) is 0.843. The van der Waals surface area contributed by atoms with Crippen molar-refractivity contribution in [3.05, 3.63) is 36.2 Å². The standard InChI is InChI=1S/C17H19N3O3S/c1-4-23-12-5-6-13-14(8-12)20-17(19-13)24-10-11-7-15(21-2)16(22-3)9-18-11/h5-9H,4,10H2,1-3H3,(H,19,20). The maximum Gasteiger partial charge on any atom is 0.179 e. The number of benzene rings is 1. The molecule has 24 heavy (non-hydrogen) atoms. The SMILES string of the molecule is CCOc1ccc2nc(SCc3cc(OC)c(OC)cn3)[nH]c2c1. The lowest BCUT2D eigenvalue weighted by Gasteiger charge is -2.08. The molecular weight excluding hydrogens is 326 g/mol. The number of hydrogen-bond acceptors (Lipinski definition) is 6. The quantitative estimate of drug-likeness (QED) is 0.659. The lowest BCUT2D eigenvalue weighted by molar-refractivity contribution is 0.340. The van der Waals surface area contributed by atoms with Crippen LogP contribution in [0, 0.1) is 0 Å². The molecule has 0 amide bonds. The van der Waals surface area contributed by atoms with Crippen LogP contribution in [-0.2, 0) is 5.75 Å². The van der Waals surface area contributed by atoms with E-state index in [1.807, 2.05) is 31.2 Å². The molecule has 2 aromatic heterocycles. The van der Waals surface area contributed by atoms with Crippen LogP contribution >= 0.6 is 11.8 Å². The molecule has 0 fully saturated rings. The van der Waals surface area contributed by atoms with Gasteiger partial charge in [-0.25, -0.2) is 4.98 Å². The van der Waals surface area contributed by atoms with Gasteiger partial charge >= 0.3 is 0 Å². The predicted molar refractivity (Wildman–Crippen MR) is 94.2 cm³/mol. The Labute approximate surface area is 144 Å². The largest absolute Gasteiger partial charge is 0.494 e. The number of imidazole rings is 1. The average molecular weight is 345 g/mol. The number of thioether (sulfide) groups is 1. The summed E-state index contributed by atoms with van der Waals surface area (Å²) < 4.78 is 16.0. The Morgan fingerprint density at radius 1 is 1.12 bits per heavy atom. The highest BCUT2D eigenvalue weighted by molar-refractivity contribution is 7.98. The minimum Gasteiger partial charge on any atom is -0.494 e. The molecule has 7 heteroatoms. The van der Waals surface area contributed by atoms with Gasteiger partial charge in [-0.2, -0.15) is 0 Å². The number of hydrogen-bond donors (Lipinski definition) is 1. The van der Waals surface area contributed by atoms with E-state index in [9.17, 15) is 0 Å². The van der Waals surface area contributed by atoms with E-state index in [4.69, 9.17) is 14.2 Å². The summed E-state index contributed by atoms with van der Waals surface area (Å²) in [5.41, 5.74) is 2.78. The molecule has 1 aromatic carbocycles. The van der Waals surface area contributed by atoms with Gasteiger partial charge in [0.1, 0.15) is 5.75 Å². The van der Waals surface area contributed by atoms with Gasteiger partial charge in [0, 0.05) is 17.9 Å². The molecule has 6 nitrogen and oxygen atoms in total. The van der Waals surface area contributed by atoms with Crippen LogP contribution in [0.1, 0.15) is 12.6 Å². The van der Waals surface area contributed by atoms with Gasteiger partial charge in [0.15, 0.2) is 16.7 Å². The van der Waals surface area contributed by atoms with E-state index >= 15 is 0 Å². The third-order valence-corrected chi connectivity index (χ3v) is 4.33. The number of fused-ring (bicyclic) bond motifs is 1. The van der Waals surface area contributed by atoms with Gasteiger partial charge in [-0.05, 0) is 19.1 Å². The molecule has 0 aliphatic heterocycles. The van der Waals surface area contributed by atoms with Crippen LogP contribution in [0.2, 0.25) is 0 Å². The van der Waals surface area contributed by atoms with E-state index in [2.05, 4.69) is 15.0 Å². The Morgan fingerprint density at radius 3 is 2.71 bits per heavy atom. The van der Waals surface area contributed by atoms with Gasteiger partial charge in [0.2, 0.25) is 0 Å². The third-order valence-electron chi connectivity index (χ3n) is 3.43. The number of H-pyrrole nitrogens is 1. The van der Waals surface area contributed by atoms with E-state index < -0.39 is 0 Å². The highest BCUT2D eigenvalue weighted by atomic mass is 32.2. The molecule has 0 saturated carbocycles. The van der Waals surface area contributed by atoms with E-state index in [0.717, 1.165) is 27.6 Å². The number of methoxy groups -OCH3 is 2. The van der Waals surface area contributed by atoms with E-state index in [-0.39, 0.29) is 0 Å². The first-order chi connectivity index (χ1) is 11.7. The summed E-state index contributed by atoms with van der Waals surface area (Å²) >= 11 is 1.58. The summed E-state index contributed by atoms with van der Waals surface area (Å²) in [4.78, 5) is 12.3.